The van der Waals surface area contributed by atoms with Gasteiger partial charge >= 0.3 is 0 Å². The smallest absolute Gasteiger partial charge is 0.254 e. The number of nitrogens with zero attached hydrogens (tertiary/aromatic N) is 1. The topological polar surface area (TPSA) is 60.8 Å². The van der Waals surface area contributed by atoms with E-state index in [4.69, 9.17) is 0 Å². The average molecular weight is 299 g/mol. The average Bonchev–Trinajstić information content (AvgIpc) is 2.94. The van der Waals surface area contributed by atoms with E-state index in [0.29, 0.717) is 17.4 Å². The zero-order chi connectivity index (χ0) is 15.7. The predicted molar refractivity (Wildman–Crippen MR) is 86.0 cm³/mol. The molecule has 0 saturated carbocycles. The number of aromatic hydroxyl groups is 1. The summed E-state index contributed by atoms with van der Waals surface area (Å²) in [6.07, 6.45) is 2.13. The lowest BCUT2D eigenvalue weighted by Gasteiger charge is -2.26. The van der Waals surface area contributed by atoms with Gasteiger partial charge in [-0.1, -0.05) is 18.2 Å². The summed E-state index contributed by atoms with van der Waals surface area (Å²) in [6.45, 7) is 2.49. The molecule has 2 N–H and O–H groups in total. The number of rotatable bonds is 3. The fourth-order valence-electron chi connectivity index (χ4n) is 3.30. The number of phenols is 1. The van der Waals surface area contributed by atoms with Crippen LogP contribution in [0.25, 0.3) is 10.8 Å². The molecule has 1 saturated heterocycles. The summed E-state index contributed by atoms with van der Waals surface area (Å²) in [7, 11) is 0. The van der Waals surface area contributed by atoms with Gasteiger partial charge in [-0.05, 0) is 49.8 Å². The molecule has 2 aromatic carbocycles. The molecule has 0 spiro atoms. The van der Waals surface area contributed by atoms with E-state index in [1.165, 1.54) is 0 Å². The lowest BCUT2D eigenvalue weighted by molar-refractivity contribution is 0.0682. The second kappa shape index (κ2) is 5.97. The minimum absolute atomic E-state index is 0.0201. The Balaban J connectivity index is 1.90. The molecule has 116 valence electrons. The molecule has 0 aromatic heterocycles. The van der Waals surface area contributed by atoms with E-state index < -0.39 is 6.10 Å². The highest BCUT2D eigenvalue weighted by atomic mass is 16.3. The van der Waals surface area contributed by atoms with Gasteiger partial charge in [0, 0.05) is 23.5 Å². The second-order valence-electron chi connectivity index (χ2n) is 6.09. The first-order valence-corrected chi connectivity index (χ1v) is 7.77. The number of hydrogen-bond acceptors (Lipinski definition) is 3. The Labute approximate surface area is 130 Å². The van der Waals surface area contributed by atoms with Gasteiger partial charge in [-0.15, -0.1) is 0 Å². The standard InChI is InChI=1S/C18H21NO3/c1-12(20)10-15-5-3-9-19(15)18(22)14-8-7-13-4-2-6-17(21)16(13)11-14/h2,4,6-8,11-12,15,20-21H,3,5,9-10H2,1H3. The molecule has 0 aliphatic carbocycles. The minimum Gasteiger partial charge on any atom is -0.507 e. The summed E-state index contributed by atoms with van der Waals surface area (Å²) in [4.78, 5) is 14.6. The number of aliphatic hydroxyl groups excluding tert-OH is 1. The number of amides is 1. The summed E-state index contributed by atoms with van der Waals surface area (Å²) in [5.41, 5.74) is 0.589. The van der Waals surface area contributed by atoms with Crippen LogP contribution in [-0.2, 0) is 0 Å². The molecule has 4 nitrogen and oxygen atoms in total. The van der Waals surface area contributed by atoms with Crippen LogP contribution in [0.5, 0.6) is 5.75 Å². The van der Waals surface area contributed by atoms with Gasteiger partial charge < -0.3 is 15.1 Å². The Morgan fingerprint density at radius 2 is 2.18 bits per heavy atom. The number of carbonyl (C=O) groups is 1. The highest BCUT2D eigenvalue weighted by Crippen LogP contribution is 2.28. The van der Waals surface area contributed by atoms with Crippen molar-refractivity contribution in [2.45, 2.75) is 38.3 Å². The fourth-order valence-corrected chi connectivity index (χ4v) is 3.30. The van der Waals surface area contributed by atoms with E-state index in [1.54, 1.807) is 25.1 Å². The molecule has 1 heterocycles. The molecule has 3 rings (SSSR count). The molecule has 1 aliphatic heterocycles. The maximum absolute atomic E-state index is 12.8. The summed E-state index contributed by atoms with van der Waals surface area (Å²) >= 11 is 0. The summed E-state index contributed by atoms with van der Waals surface area (Å²) in [5, 5.41) is 21.2. The number of benzene rings is 2. The van der Waals surface area contributed by atoms with Crippen LogP contribution in [0.1, 0.15) is 36.5 Å². The van der Waals surface area contributed by atoms with Crippen LogP contribution in [0.4, 0.5) is 0 Å². The van der Waals surface area contributed by atoms with E-state index in [1.807, 2.05) is 23.1 Å². The Morgan fingerprint density at radius 3 is 2.95 bits per heavy atom. The monoisotopic (exact) mass is 299 g/mol. The lowest BCUT2D eigenvalue weighted by Crippen LogP contribution is -2.37. The molecule has 2 unspecified atom stereocenters. The number of likely N-dealkylation sites (tertiary alicyclic amines) is 1. The fraction of sp³-hybridized carbons (Fsp3) is 0.389. The zero-order valence-electron chi connectivity index (χ0n) is 12.7. The number of aliphatic hydroxyl groups is 1. The first-order valence-electron chi connectivity index (χ1n) is 7.77. The number of fused-ring (bicyclic) bond motifs is 1. The largest absolute Gasteiger partial charge is 0.507 e. The van der Waals surface area contributed by atoms with Crippen LogP contribution in [0.15, 0.2) is 36.4 Å². The van der Waals surface area contributed by atoms with Gasteiger partial charge in [-0.3, -0.25) is 4.79 Å². The van der Waals surface area contributed by atoms with Gasteiger partial charge in [0.15, 0.2) is 0 Å². The number of carbonyl (C=O) groups excluding carboxylic acids is 1. The van der Waals surface area contributed by atoms with Crippen molar-refractivity contribution in [2.24, 2.45) is 0 Å². The molecule has 0 bridgehead atoms. The van der Waals surface area contributed by atoms with Gasteiger partial charge in [0.1, 0.15) is 5.75 Å². The molecular formula is C18H21NO3. The van der Waals surface area contributed by atoms with Crippen LogP contribution in [0, 0.1) is 0 Å². The third-order valence-corrected chi connectivity index (χ3v) is 4.36. The first kappa shape index (κ1) is 14.9. The molecular weight excluding hydrogens is 278 g/mol. The second-order valence-corrected chi connectivity index (χ2v) is 6.09. The summed E-state index contributed by atoms with van der Waals surface area (Å²) < 4.78 is 0. The Kier molecular flexibility index (Phi) is 4.03. The molecule has 2 aromatic rings. The van der Waals surface area contributed by atoms with E-state index in [-0.39, 0.29) is 17.7 Å². The van der Waals surface area contributed by atoms with Crippen molar-refractivity contribution in [1.82, 2.24) is 4.90 Å². The van der Waals surface area contributed by atoms with Gasteiger partial charge in [0.05, 0.1) is 6.10 Å². The summed E-state index contributed by atoms with van der Waals surface area (Å²) in [6, 6.07) is 10.9. The van der Waals surface area contributed by atoms with Crippen LogP contribution < -0.4 is 0 Å². The Bertz CT molecular complexity index is 696. The van der Waals surface area contributed by atoms with Crippen LogP contribution in [-0.4, -0.2) is 39.7 Å². The van der Waals surface area contributed by atoms with E-state index in [0.717, 1.165) is 24.8 Å². The van der Waals surface area contributed by atoms with Crippen molar-refractivity contribution in [1.29, 1.82) is 0 Å². The molecule has 0 radical (unpaired) electrons. The molecule has 22 heavy (non-hydrogen) atoms. The van der Waals surface area contributed by atoms with E-state index in [9.17, 15) is 15.0 Å². The van der Waals surface area contributed by atoms with E-state index in [2.05, 4.69) is 0 Å². The third kappa shape index (κ3) is 2.79. The predicted octanol–water partition coefficient (Wildman–Crippen LogP) is 2.92. The highest BCUT2D eigenvalue weighted by molar-refractivity contribution is 6.00. The normalized spacial score (nSPS) is 19.5. The maximum Gasteiger partial charge on any atom is 0.254 e. The minimum atomic E-state index is -0.404. The lowest BCUT2D eigenvalue weighted by atomic mass is 10.0. The Morgan fingerprint density at radius 1 is 1.36 bits per heavy atom. The van der Waals surface area contributed by atoms with Gasteiger partial charge in [-0.2, -0.15) is 0 Å². The van der Waals surface area contributed by atoms with E-state index >= 15 is 0 Å². The molecule has 1 amide bonds. The highest BCUT2D eigenvalue weighted by Gasteiger charge is 2.30. The van der Waals surface area contributed by atoms with Gasteiger partial charge in [0.25, 0.3) is 5.91 Å². The SMILES string of the molecule is CC(O)CC1CCCN1C(=O)c1ccc2cccc(O)c2c1. The van der Waals surface area contributed by atoms with Crippen molar-refractivity contribution < 1.29 is 15.0 Å². The third-order valence-electron chi connectivity index (χ3n) is 4.36. The van der Waals surface area contributed by atoms with Crippen molar-refractivity contribution in [3.8, 4) is 5.75 Å². The molecule has 2 atom stereocenters. The molecule has 4 heteroatoms. The number of phenolic OH excluding ortho intramolecular Hbond substituents is 1. The molecule has 1 aliphatic rings. The summed E-state index contributed by atoms with van der Waals surface area (Å²) in [5.74, 6) is 0.169. The van der Waals surface area contributed by atoms with Crippen LogP contribution in [0.2, 0.25) is 0 Å². The number of hydrogen-bond donors (Lipinski definition) is 2. The zero-order valence-corrected chi connectivity index (χ0v) is 12.7. The van der Waals surface area contributed by atoms with Crippen molar-refractivity contribution >= 4 is 16.7 Å². The Hall–Kier alpha value is -2.07. The van der Waals surface area contributed by atoms with Gasteiger partial charge in [0.2, 0.25) is 0 Å². The van der Waals surface area contributed by atoms with Crippen molar-refractivity contribution in [2.75, 3.05) is 6.54 Å². The maximum atomic E-state index is 12.8. The van der Waals surface area contributed by atoms with Crippen LogP contribution >= 0.6 is 0 Å². The first-order chi connectivity index (χ1) is 10.6. The molecule has 1 fully saturated rings. The van der Waals surface area contributed by atoms with Crippen molar-refractivity contribution in [3.05, 3.63) is 42.0 Å². The van der Waals surface area contributed by atoms with Crippen molar-refractivity contribution in [3.63, 3.8) is 0 Å². The quantitative estimate of drug-likeness (QED) is 0.916. The van der Waals surface area contributed by atoms with Crippen LogP contribution in [0.3, 0.4) is 0 Å². The van der Waals surface area contributed by atoms with Gasteiger partial charge in [-0.25, -0.2) is 0 Å².